The second kappa shape index (κ2) is 7.29. The van der Waals surface area contributed by atoms with Crippen molar-refractivity contribution in [1.82, 2.24) is 20.4 Å². The van der Waals surface area contributed by atoms with Crippen LogP contribution in [0.25, 0.3) is 0 Å². The summed E-state index contributed by atoms with van der Waals surface area (Å²) in [6.07, 6.45) is 2.44. The Morgan fingerprint density at radius 2 is 2.24 bits per heavy atom. The van der Waals surface area contributed by atoms with Gasteiger partial charge in [-0.15, -0.1) is 12.4 Å². The van der Waals surface area contributed by atoms with Crippen molar-refractivity contribution in [2.75, 3.05) is 13.6 Å². The maximum absolute atomic E-state index is 11.5. The van der Waals surface area contributed by atoms with Crippen molar-refractivity contribution in [1.29, 1.82) is 0 Å². The summed E-state index contributed by atoms with van der Waals surface area (Å²) >= 11 is 0. The lowest BCUT2D eigenvalue weighted by Gasteiger charge is -2.12. The van der Waals surface area contributed by atoms with Gasteiger partial charge in [0, 0.05) is 31.8 Å². The van der Waals surface area contributed by atoms with Crippen LogP contribution in [0, 0.1) is 6.92 Å². The first-order valence-electron chi connectivity index (χ1n) is 5.48. The number of carbonyl (C=O) groups excluding carboxylic acids is 1. The maximum Gasteiger partial charge on any atom is 0.221 e. The van der Waals surface area contributed by atoms with E-state index < -0.39 is 0 Å². The topological polar surface area (TPSA) is 59.0 Å². The van der Waals surface area contributed by atoms with E-state index in [1.807, 2.05) is 34.1 Å². The van der Waals surface area contributed by atoms with Crippen molar-refractivity contribution >= 4 is 18.3 Å². The third-order valence-electron chi connectivity index (χ3n) is 2.50. The van der Waals surface area contributed by atoms with Gasteiger partial charge in [0.15, 0.2) is 0 Å². The minimum absolute atomic E-state index is 0. The molecule has 1 heterocycles. The summed E-state index contributed by atoms with van der Waals surface area (Å²) in [6.45, 7) is 4.62. The van der Waals surface area contributed by atoms with Crippen molar-refractivity contribution in [2.45, 2.75) is 26.3 Å². The highest BCUT2D eigenvalue weighted by Gasteiger charge is 2.13. The van der Waals surface area contributed by atoms with Gasteiger partial charge >= 0.3 is 0 Å². The first kappa shape index (κ1) is 15.9. The Kier molecular flexibility index (Phi) is 6.83. The molecule has 17 heavy (non-hydrogen) atoms. The standard InChI is InChI=1S/C11H20N4O.ClH/c1-8(13-11(16)5-6-12-3)10-7-15(4)14-9(10)2;/h7-8,12H,5-6H2,1-4H3,(H,13,16);1H. The lowest BCUT2D eigenvalue weighted by molar-refractivity contribution is -0.121. The lowest BCUT2D eigenvalue weighted by Crippen LogP contribution is -2.29. The quantitative estimate of drug-likeness (QED) is 0.828. The number of carbonyl (C=O) groups is 1. The Morgan fingerprint density at radius 1 is 1.59 bits per heavy atom. The zero-order chi connectivity index (χ0) is 12.1. The summed E-state index contributed by atoms with van der Waals surface area (Å²) in [5.41, 5.74) is 2.03. The van der Waals surface area contributed by atoms with E-state index in [4.69, 9.17) is 0 Å². The molecule has 1 unspecified atom stereocenters. The van der Waals surface area contributed by atoms with Crippen LogP contribution in [-0.4, -0.2) is 29.3 Å². The Balaban J connectivity index is 0.00000256. The fraction of sp³-hybridized carbons (Fsp3) is 0.636. The van der Waals surface area contributed by atoms with E-state index in [0.29, 0.717) is 13.0 Å². The molecule has 0 saturated heterocycles. The van der Waals surface area contributed by atoms with Gasteiger partial charge in [-0.25, -0.2) is 0 Å². The zero-order valence-corrected chi connectivity index (χ0v) is 11.6. The third-order valence-corrected chi connectivity index (χ3v) is 2.50. The SMILES string of the molecule is CNCCC(=O)NC(C)c1cn(C)nc1C.Cl. The van der Waals surface area contributed by atoms with Gasteiger partial charge in [0.25, 0.3) is 0 Å². The first-order chi connectivity index (χ1) is 7.54. The Bertz CT molecular complexity index is 364. The smallest absolute Gasteiger partial charge is 0.221 e. The van der Waals surface area contributed by atoms with E-state index in [1.54, 1.807) is 4.68 Å². The molecule has 0 aliphatic rings. The normalized spacial score (nSPS) is 11.8. The van der Waals surface area contributed by atoms with Crippen molar-refractivity contribution in [3.8, 4) is 0 Å². The fourth-order valence-electron chi connectivity index (χ4n) is 1.67. The van der Waals surface area contributed by atoms with Crippen molar-refractivity contribution in [3.05, 3.63) is 17.5 Å². The van der Waals surface area contributed by atoms with Gasteiger partial charge in [0.2, 0.25) is 5.91 Å². The van der Waals surface area contributed by atoms with Gasteiger partial charge in [-0.1, -0.05) is 0 Å². The molecule has 1 aromatic heterocycles. The van der Waals surface area contributed by atoms with Crippen LogP contribution in [-0.2, 0) is 11.8 Å². The van der Waals surface area contributed by atoms with Crippen LogP contribution in [0.3, 0.4) is 0 Å². The molecule has 0 fully saturated rings. The summed E-state index contributed by atoms with van der Waals surface area (Å²) in [5.74, 6) is 0.0603. The highest BCUT2D eigenvalue weighted by atomic mass is 35.5. The molecule has 0 radical (unpaired) electrons. The molecular weight excluding hydrogens is 240 g/mol. The van der Waals surface area contributed by atoms with Gasteiger partial charge in [-0.05, 0) is 20.9 Å². The second-order valence-corrected chi connectivity index (χ2v) is 3.99. The van der Waals surface area contributed by atoms with E-state index in [1.165, 1.54) is 0 Å². The first-order valence-corrected chi connectivity index (χ1v) is 5.48. The maximum atomic E-state index is 11.5. The van der Waals surface area contributed by atoms with Crippen LogP contribution in [0.4, 0.5) is 0 Å². The van der Waals surface area contributed by atoms with Crippen molar-refractivity contribution in [3.63, 3.8) is 0 Å². The van der Waals surface area contributed by atoms with E-state index in [2.05, 4.69) is 15.7 Å². The molecule has 0 aromatic carbocycles. The molecule has 1 rings (SSSR count). The van der Waals surface area contributed by atoms with E-state index in [0.717, 1.165) is 11.3 Å². The summed E-state index contributed by atoms with van der Waals surface area (Å²) in [6, 6.07) is 0.0121. The molecule has 5 nitrogen and oxygen atoms in total. The molecule has 0 spiro atoms. The number of aromatic nitrogens is 2. The second-order valence-electron chi connectivity index (χ2n) is 3.99. The van der Waals surface area contributed by atoms with Crippen LogP contribution in [0.15, 0.2) is 6.20 Å². The lowest BCUT2D eigenvalue weighted by atomic mass is 10.1. The highest BCUT2D eigenvalue weighted by Crippen LogP contribution is 2.15. The predicted molar refractivity (Wildman–Crippen MR) is 70.3 cm³/mol. The van der Waals surface area contributed by atoms with E-state index in [9.17, 15) is 4.79 Å². The average molecular weight is 261 g/mol. The molecule has 0 aliphatic carbocycles. The Labute approximate surface area is 108 Å². The molecule has 1 aromatic rings. The molecule has 1 atom stereocenters. The Morgan fingerprint density at radius 3 is 2.71 bits per heavy atom. The monoisotopic (exact) mass is 260 g/mol. The van der Waals surface area contributed by atoms with Crippen LogP contribution in [0.1, 0.15) is 30.6 Å². The summed E-state index contributed by atoms with van der Waals surface area (Å²) < 4.78 is 1.76. The van der Waals surface area contributed by atoms with E-state index >= 15 is 0 Å². The molecule has 2 N–H and O–H groups in total. The van der Waals surface area contributed by atoms with Gasteiger partial charge in [-0.3, -0.25) is 9.48 Å². The van der Waals surface area contributed by atoms with Gasteiger partial charge in [0.1, 0.15) is 0 Å². The minimum atomic E-state index is 0. The highest BCUT2D eigenvalue weighted by molar-refractivity contribution is 5.85. The fourth-order valence-corrected chi connectivity index (χ4v) is 1.67. The number of halogens is 1. The van der Waals surface area contributed by atoms with Gasteiger partial charge < -0.3 is 10.6 Å². The molecule has 0 aliphatic heterocycles. The number of rotatable bonds is 5. The van der Waals surface area contributed by atoms with Gasteiger partial charge in [0.05, 0.1) is 11.7 Å². The molecule has 0 saturated carbocycles. The number of hydrogen-bond donors (Lipinski definition) is 2. The third kappa shape index (κ3) is 4.75. The molecule has 0 bridgehead atoms. The molecular formula is C11H21ClN4O. The van der Waals surface area contributed by atoms with E-state index in [-0.39, 0.29) is 24.4 Å². The Hall–Kier alpha value is -1.07. The molecule has 98 valence electrons. The largest absolute Gasteiger partial charge is 0.349 e. The number of amides is 1. The van der Waals surface area contributed by atoms with Crippen molar-refractivity contribution < 1.29 is 4.79 Å². The minimum Gasteiger partial charge on any atom is -0.349 e. The predicted octanol–water partition coefficient (Wildman–Crippen LogP) is 0.937. The van der Waals surface area contributed by atoms with Crippen LogP contribution in [0.5, 0.6) is 0 Å². The summed E-state index contributed by atoms with van der Waals surface area (Å²) in [5, 5.41) is 10.2. The van der Waals surface area contributed by atoms with Crippen LogP contribution >= 0.6 is 12.4 Å². The summed E-state index contributed by atoms with van der Waals surface area (Å²) in [7, 11) is 3.72. The van der Waals surface area contributed by atoms with Gasteiger partial charge in [-0.2, -0.15) is 5.10 Å². The summed E-state index contributed by atoms with van der Waals surface area (Å²) in [4.78, 5) is 11.5. The zero-order valence-electron chi connectivity index (χ0n) is 10.8. The van der Waals surface area contributed by atoms with Crippen LogP contribution in [0.2, 0.25) is 0 Å². The number of nitrogens with one attached hydrogen (secondary N) is 2. The van der Waals surface area contributed by atoms with Crippen molar-refractivity contribution in [2.24, 2.45) is 7.05 Å². The average Bonchev–Trinajstić information content (AvgIpc) is 2.54. The molecule has 1 amide bonds. The number of hydrogen-bond acceptors (Lipinski definition) is 3. The number of nitrogens with zero attached hydrogens (tertiary/aromatic N) is 2. The van der Waals surface area contributed by atoms with Crippen LogP contribution < -0.4 is 10.6 Å². The molecule has 6 heteroatoms. The number of aryl methyl sites for hydroxylation is 2.